The molecule has 0 saturated carbocycles. The Morgan fingerprint density at radius 2 is 2.11 bits per heavy atom. The van der Waals surface area contributed by atoms with Crippen molar-refractivity contribution in [1.82, 2.24) is 0 Å². The molecule has 1 heterocycles. The highest BCUT2D eigenvalue weighted by atomic mass is 35.5. The van der Waals surface area contributed by atoms with E-state index in [0.717, 1.165) is 15.6 Å². The van der Waals surface area contributed by atoms with Crippen molar-refractivity contribution in [3.63, 3.8) is 0 Å². The molecule has 0 aliphatic heterocycles. The van der Waals surface area contributed by atoms with Gasteiger partial charge in [0, 0.05) is 14.6 Å². The summed E-state index contributed by atoms with van der Waals surface area (Å²) >= 11 is 7.65. The van der Waals surface area contributed by atoms with Crippen molar-refractivity contribution in [2.45, 2.75) is 19.8 Å². The van der Waals surface area contributed by atoms with Gasteiger partial charge in [-0.15, -0.1) is 11.3 Å². The molecule has 0 bridgehead atoms. The van der Waals surface area contributed by atoms with Crippen LogP contribution in [-0.4, -0.2) is 18.7 Å². The van der Waals surface area contributed by atoms with E-state index >= 15 is 0 Å². The van der Waals surface area contributed by atoms with Crippen molar-refractivity contribution in [3.05, 3.63) is 33.7 Å². The molecule has 1 aromatic heterocycles. The molecule has 0 amide bonds. The number of aryl methyl sites for hydroxylation is 2. The number of halogens is 1. The Bertz CT molecular complexity index is 674. The Balaban J connectivity index is 2.27. The molecule has 6 heteroatoms. The third kappa shape index (κ3) is 3.23. The third-order valence-electron chi connectivity index (χ3n) is 2.78. The fraction of sp³-hybridized carbons (Fsp3) is 0.333. The van der Waals surface area contributed by atoms with Gasteiger partial charge in [-0.2, -0.15) is 8.42 Å². The largest absolute Gasteiger partial charge is 0.286 e. The lowest BCUT2D eigenvalue weighted by atomic mass is 10.1. The molecule has 0 saturated heterocycles. The van der Waals surface area contributed by atoms with Gasteiger partial charge >= 0.3 is 0 Å². The van der Waals surface area contributed by atoms with Crippen LogP contribution in [0.5, 0.6) is 0 Å². The predicted molar refractivity (Wildman–Crippen MR) is 76.3 cm³/mol. The molecular formula is C12H13ClO3S2. The van der Waals surface area contributed by atoms with E-state index in [1.54, 1.807) is 11.3 Å². The molecule has 0 radical (unpaired) electrons. The average molecular weight is 305 g/mol. The van der Waals surface area contributed by atoms with Crippen LogP contribution in [0.15, 0.2) is 18.2 Å². The number of benzene rings is 1. The van der Waals surface area contributed by atoms with Crippen LogP contribution in [0.1, 0.15) is 16.9 Å². The Morgan fingerprint density at radius 3 is 2.78 bits per heavy atom. The summed E-state index contributed by atoms with van der Waals surface area (Å²) in [6.45, 7) is 2.02. The maximum absolute atomic E-state index is 10.7. The summed E-state index contributed by atoms with van der Waals surface area (Å²) in [6, 6.07) is 5.73. The molecule has 1 N–H and O–H groups in total. The van der Waals surface area contributed by atoms with Crippen molar-refractivity contribution in [3.8, 4) is 0 Å². The lowest BCUT2D eigenvalue weighted by Crippen LogP contribution is -2.04. The molecule has 0 aliphatic carbocycles. The van der Waals surface area contributed by atoms with Crippen LogP contribution in [0.2, 0.25) is 5.02 Å². The first-order valence-electron chi connectivity index (χ1n) is 5.49. The molecule has 98 valence electrons. The zero-order chi connectivity index (χ0) is 13.3. The highest BCUT2D eigenvalue weighted by molar-refractivity contribution is 7.85. The summed E-state index contributed by atoms with van der Waals surface area (Å²) in [5, 5.41) is 1.76. The fourth-order valence-electron chi connectivity index (χ4n) is 1.99. The Hall–Kier alpha value is -0.620. The van der Waals surface area contributed by atoms with E-state index < -0.39 is 10.1 Å². The maximum Gasteiger partial charge on any atom is 0.264 e. The number of hydrogen-bond acceptors (Lipinski definition) is 3. The van der Waals surface area contributed by atoms with Crippen LogP contribution in [0.3, 0.4) is 0 Å². The van der Waals surface area contributed by atoms with Crippen LogP contribution < -0.4 is 0 Å². The van der Waals surface area contributed by atoms with Gasteiger partial charge in [-0.3, -0.25) is 4.55 Å². The number of hydrogen-bond donors (Lipinski definition) is 1. The quantitative estimate of drug-likeness (QED) is 0.877. The van der Waals surface area contributed by atoms with Gasteiger partial charge in [-0.25, -0.2) is 0 Å². The van der Waals surface area contributed by atoms with E-state index in [-0.39, 0.29) is 5.75 Å². The Kier molecular flexibility index (Phi) is 3.96. The van der Waals surface area contributed by atoms with Crippen LogP contribution in [0, 0.1) is 6.92 Å². The average Bonchev–Trinajstić information content (AvgIpc) is 2.54. The minimum absolute atomic E-state index is 0.204. The monoisotopic (exact) mass is 304 g/mol. The topological polar surface area (TPSA) is 54.4 Å². The Morgan fingerprint density at radius 1 is 1.39 bits per heavy atom. The number of fused-ring (bicyclic) bond motifs is 1. The zero-order valence-corrected chi connectivity index (χ0v) is 12.2. The first-order chi connectivity index (χ1) is 8.37. The summed E-state index contributed by atoms with van der Waals surface area (Å²) in [5.41, 5.74) is 1.13. The highest BCUT2D eigenvalue weighted by Crippen LogP contribution is 2.33. The summed E-state index contributed by atoms with van der Waals surface area (Å²) in [7, 11) is -3.87. The molecule has 0 unspecified atom stereocenters. The van der Waals surface area contributed by atoms with Crippen LogP contribution >= 0.6 is 22.9 Å². The highest BCUT2D eigenvalue weighted by Gasteiger charge is 2.11. The van der Waals surface area contributed by atoms with E-state index in [4.69, 9.17) is 16.2 Å². The maximum atomic E-state index is 10.7. The van der Waals surface area contributed by atoms with Crippen molar-refractivity contribution >= 4 is 43.1 Å². The standard InChI is InChI=1S/C12H13ClO3S2/c1-8-10(3-2-6-18(14,15)16)11-7-9(13)4-5-12(11)17-8/h4-5,7H,2-3,6H2,1H3,(H,14,15,16). The molecule has 0 aliphatic rings. The van der Waals surface area contributed by atoms with Crippen molar-refractivity contribution in [2.75, 3.05) is 5.75 Å². The zero-order valence-electron chi connectivity index (χ0n) is 9.81. The van der Waals surface area contributed by atoms with Gasteiger partial charge in [-0.1, -0.05) is 11.6 Å². The van der Waals surface area contributed by atoms with Gasteiger partial charge in [0.1, 0.15) is 0 Å². The second kappa shape index (κ2) is 5.17. The van der Waals surface area contributed by atoms with Gasteiger partial charge in [0.25, 0.3) is 10.1 Å². The minimum atomic E-state index is -3.87. The van der Waals surface area contributed by atoms with Crippen molar-refractivity contribution in [1.29, 1.82) is 0 Å². The molecule has 0 atom stereocenters. The van der Waals surface area contributed by atoms with Crippen LogP contribution in [0.4, 0.5) is 0 Å². The summed E-state index contributed by atoms with van der Waals surface area (Å²) in [4.78, 5) is 1.17. The molecule has 1 aromatic carbocycles. The van der Waals surface area contributed by atoms with Gasteiger partial charge in [0.15, 0.2) is 0 Å². The first kappa shape index (κ1) is 13.8. The molecule has 3 nitrogen and oxygen atoms in total. The van der Waals surface area contributed by atoms with E-state index in [1.165, 1.54) is 4.88 Å². The predicted octanol–water partition coefficient (Wildman–Crippen LogP) is 3.68. The molecule has 2 aromatic rings. The molecular weight excluding hydrogens is 292 g/mol. The summed E-state index contributed by atoms with van der Waals surface area (Å²) in [5.74, 6) is -0.204. The van der Waals surface area contributed by atoms with Crippen molar-refractivity contribution in [2.24, 2.45) is 0 Å². The number of thiophene rings is 1. The lowest BCUT2D eigenvalue weighted by Gasteiger charge is -2.01. The second-order valence-corrected chi connectivity index (χ2v) is 7.43. The van der Waals surface area contributed by atoms with E-state index in [2.05, 4.69) is 0 Å². The van der Waals surface area contributed by atoms with Crippen LogP contribution in [0.25, 0.3) is 10.1 Å². The normalized spacial score (nSPS) is 12.2. The van der Waals surface area contributed by atoms with Gasteiger partial charge in [0.05, 0.1) is 5.75 Å². The van der Waals surface area contributed by atoms with Crippen molar-refractivity contribution < 1.29 is 13.0 Å². The molecule has 2 rings (SSSR count). The van der Waals surface area contributed by atoms with Gasteiger partial charge in [-0.05, 0) is 48.9 Å². The smallest absolute Gasteiger partial charge is 0.264 e. The summed E-state index contributed by atoms with van der Waals surface area (Å²) < 4.78 is 31.3. The van der Waals surface area contributed by atoms with Gasteiger partial charge < -0.3 is 0 Å². The van der Waals surface area contributed by atoms with Gasteiger partial charge in [0.2, 0.25) is 0 Å². The molecule has 0 fully saturated rings. The first-order valence-corrected chi connectivity index (χ1v) is 8.30. The molecule has 0 spiro atoms. The SMILES string of the molecule is Cc1sc2ccc(Cl)cc2c1CCCS(=O)(=O)O. The van der Waals surface area contributed by atoms with E-state index in [1.807, 2.05) is 25.1 Å². The van der Waals surface area contributed by atoms with E-state index in [0.29, 0.717) is 17.9 Å². The minimum Gasteiger partial charge on any atom is -0.286 e. The third-order valence-corrected chi connectivity index (χ3v) is 4.95. The number of rotatable bonds is 4. The fourth-order valence-corrected chi connectivity index (χ4v) is 3.76. The molecule has 18 heavy (non-hydrogen) atoms. The van der Waals surface area contributed by atoms with E-state index in [9.17, 15) is 8.42 Å². The second-order valence-electron chi connectivity index (χ2n) is 4.17. The lowest BCUT2D eigenvalue weighted by molar-refractivity contribution is 0.481. The summed E-state index contributed by atoms with van der Waals surface area (Å²) in [6.07, 6.45) is 1.05. The van der Waals surface area contributed by atoms with Crippen LogP contribution in [-0.2, 0) is 16.5 Å². The Labute approximate surface area is 115 Å².